The largest absolute Gasteiger partial charge is 0.443 e. The Morgan fingerprint density at radius 1 is 1.12 bits per heavy atom. The summed E-state index contributed by atoms with van der Waals surface area (Å²) >= 11 is 0. The van der Waals surface area contributed by atoms with Gasteiger partial charge < -0.3 is 14.4 Å². The Morgan fingerprint density at radius 3 is 2.19 bits per heavy atom. The maximum atomic E-state index is 12.7. The maximum Gasteiger partial charge on any atom is 0.437 e. The molecule has 0 unspecified atom stereocenters. The number of hydrogen-bond acceptors (Lipinski definition) is 4. The Morgan fingerprint density at radius 2 is 1.69 bits per heavy atom. The van der Waals surface area contributed by atoms with Crippen molar-refractivity contribution < 1.29 is 19.1 Å². The van der Waals surface area contributed by atoms with E-state index in [1.54, 1.807) is 53.5 Å². The highest BCUT2D eigenvalue weighted by molar-refractivity contribution is 6.02. The number of allylic oxidation sites excluding steroid dienone is 1. The molecule has 0 aliphatic carbocycles. The zero-order valence-electron chi connectivity index (χ0n) is 17.4. The summed E-state index contributed by atoms with van der Waals surface area (Å²) in [6, 6.07) is 0. The fraction of sp³-hybridized carbons (Fsp3) is 0.737. The molecule has 0 aromatic rings. The molecule has 2 amide bonds. The van der Waals surface area contributed by atoms with Gasteiger partial charge in [0.2, 0.25) is 5.96 Å². The molecule has 7 nitrogen and oxygen atoms in total. The third-order valence-electron chi connectivity index (χ3n) is 3.33. The van der Waals surface area contributed by atoms with Crippen LogP contribution in [0.5, 0.6) is 0 Å². The van der Waals surface area contributed by atoms with Gasteiger partial charge in [-0.25, -0.2) is 14.5 Å². The molecule has 26 heavy (non-hydrogen) atoms. The van der Waals surface area contributed by atoms with E-state index in [1.165, 1.54) is 4.90 Å². The third kappa shape index (κ3) is 7.06. The van der Waals surface area contributed by atoms with Crippen molar-refractivity contribution in [1.82, 2.24) is 9.80 Å². The van der Waals surface area contributed by atoms with Crippen molar-refractivity contribution in [2.45, 2.75) is 78.9 Å². The Balaban J connectivity index is 3.17. The van der Waals surface area contributed by atoms with Crippen molar-refractivity contribution in [3.05, 3.63) is 11.8 Å². The number of nitrogens with zero attached hydrogens (tertiary/aromatic N) is 3. The summed E-state index contributed by atoms with van der Waals surface area (Å²) in [5.41, 5.74) is -0.545. The number of hydrogen-bond donors (Lipinski definition) is 0. The first-order valence-electron chi connectivity index (χ1n) is 9.09. The van der Waals surface area contributed by atoms with Gasteiger partial charge in [-0.15, -0.1) is 4.99 Å². The minimum absolute atomic E-state index is 0.219. The van der Waals surface area contributed by atoms with Crippen LogP contribution in [0, 0.1) is 0 Å². The van der Waals surface area contributed by atoms with Gasteiger partial charge in [0.1, 0.15) is 11.2 Å². The predicted octanol–water partition coefficient (Wildman–Crippen LogP) is 4.53. The van der Waals surface area contributed by atoms with Crippen molar-refractivity contribution in [1.29, 1.82) is 0 Å². The summed E-state index contributed by atoms with van der Waals surface area (Å²) in [7, 11) is 1.78. The summed E-state index contributed by atoms with van der Waals surface area (Å²) in [4.78, 5) is 32.0. The number of carbonyl (C=O) groups excluding carboxylic acids is 2. The SMILES string of the molecule is CCCC/C=C1/CN(C)/C(=N\C(=O)OC(C)(C)C)N1C(=O)OC(C)(C)C. The molecule has 1 aliphatic rings. The molecule has 1 saturated heterocycles. The number of unbranched alkanes of at least 4 members (excludes halogenated alkanes) is 2. The fourth-order valence-corrected chi connectivity index (χ4v) is 2.32. The van der Waals surface area contributed by atoms with Crippen LogP contribution in [0.25, 0.3) is 0 Å². The summed E-state index contributed by atoms with van der Waals surface area (Å²) in [6.07, 6.45) is 3.65. The number of rotatable bonds is 3. The molecule has 7 heteroatoms. The molecule has 0 atom stereocenters. The van der Waals surface area contributed by atoms with Crippen LogP contribution in [0.4, 0.5) is 9.59 Å². The molecule has 0 saturated carbocycles. The summed E-state index contributed by atoms with van der Waals surface area (Å²) < 4.78 is 10.8. The monoisotopic (exact) mass is 367 g/mol. The van der Waals surface area contributed by atoms with E-state index in [2.05, 4.69) is 11.9 Å². The van der Waals surface area contributed by atoms with Crippen LogP contribution in [0.2, 0.25) is 0 Å². The zero-order valence-corrected chi connectivity index (χ0v) is 17.4. The lowest BCUT2D eigenvalue weighted by Crippen LogP contribution is -2.40. The highest BCUT2D eigenvalue weighted by atomic mass is 16.6. The average molecular weight is 367 g/mol. The first-order valence-corrected chi connectivity index (χ1v) is 9.09. The van der Waals surface area contributed by atoms with Gasteiger partial charge in [0.05, 0.1) is 6.54 Å². The number of amides is 2. The quantitative estimate of drug-likeness (QED) is 0.685. The van der Waals surface area contributed by atoms with Gasteiger partial charge in [-0.1, -0.05) is 25.8 Å². The summed E-state index contributed by atoms with van der Waals surface area (Å²) in [6.45, 7) is 13.3. The van der Waals surface area contributed by atoms with E-state index in [1.807, 2.05) is 6.08 Å². The van der Waals surface area contributed by atoms with Crippen molar-refractivity contribution in [3.8, 4) is 0 Å². The lowest BCUT2D eigenvalue weighted by Gasteiger charge is -2.25. The maximum absolute atomic E-state index is 12.7. The fourth-order valence-electron chi connectivity index (χ4n) is 2.32. The van der Waals surface area contributed by atoms with Gasteiger partial charge in [-0.3, -0.25) is 0 Å². The van der Waals surface area contributed by atoms with Gasteiger partial charge >= 0.3 is 12.2 Å². The smallest absolute Gasteiger partial charge is 0.437 e. The Bertz CT molecular complexity index is 583. The molecule has 1 rings (SSSR count). The van der Waals surface area contributed by atoms with Crippen LogP contribution in [-0.4, -0.2) is 52.7 Å². The van der Waals surface area contributed by atoms with Crippen LogP contribution in [0.1, 0.15) is 67.7 Å². The Kier molecular flexibility index (Phi) is 7.24. The van der Waals surface area contributed by atoms with E-state index in [9.17, 15) is 9.59 Å². The number of carbonyl (C=O) groups is 2. The second-order valence-electron chi connectivity index (χ2n) is 8.40. The first kappa shape index (κ1) is 22.0. The lowest BCUT2D eigenvalue weighted by atomic mass is 10.2. The molecule has 0 radical (unpaired) electrons. The zero-order chi connectivity index (χ0) is 20.1. The van der Waals surface area contributed by atoms with Gasteiger partial charge in [0.15, 0.2) is 0 Å². The molecule has 0 bridgehead atoms. The molecule has 0 spiro atoms. The number of likely N-dealkylation sites (N-methyl/N-ethyl adjacent to an activating group) is 1. The van der Waals surface area contributed by atoms with Gasteiger partial charge in [-0.05, 0) is 48.0 Å². The molecule has 1 aliphatic heterocycles. The first-order chi connectivity index (χ1) is 11.8. The highest BCUT2D eigenvalue weighted by Gasteiger charge is 2.37. The second-order valence-corrected chi connectivity index (χ2v) is 8.40. The van der Waals surface area contributed by atoms with E-state index in [-0.39, 0.29) is 5.96 Å². The van der Waals surface area contributed by atoms with Crippen LogP contribution >= 0.6 is 0 Å². The Hall–Kier alpha value is -2.05. The van der Waals surface area contributed by atoms with Crippen LogP contribution in [0.15, 0.2) is 16.8 Å². The molecule has 0 aromatic heterocycles. The molecule has 0 aromatic carbocycles. The molecular weight excluding hydrogens is 334 g/mol. The van der Waals surface area contributed by atoms with Crippen LogP contribution in [-0.2, 0) is 9.47 Å². The Labute approximate surface area is 157 Å². The van der Waals surface area contributed by atoms with E-state index in [0.29, 0.717) is 6.54 Å². The molecular formula is C19H33N3O4. The summed E-state index contributed by atoms with van der Waals surface area (Å²) in [5.74, 6) is 0.219. The van der Waals surface area contributed by atoms with Crippen molar-refractivity contribution in [2.75, 3.05) is 13.6 Å². The average Bonchev–Trinajstić information content (AvgIpc) is 2.71. The standard InChI is InChI=1S/C19H33N3O4/c1-9-10-11-12-14-13-21(8)15(20-16(23)25-18(2,3)4)22(14)17(24)26-19(5,6)7/h12H,9-11,13H2,1-8H3/b14-12-,20-15+. The minimum Gasteiger partial charge on any atom is -0.443 e. The topological polar surface area (TPSA) is 71.4 Å². The van der Waals surface area contributed by atoms with Gasteiger partial charge in [0, 0.05) is 12.7 Å². The van der Waals surface area contributed by atoms with E-state index < -0.39 is 23.4 Å². The minimum atomic E-state index is -0.734. The van der Waals surface area contributed by atoms with E-state index in [0.717, 1.165) is 25.0 Å². The van der Waals surface area contributed by atoms with Crippen molar-refractivity contribution >= 4 is 18.1 Å². The van der Waals surface area contributed by atoms with Crippen LogP contribution in [0.3, 0.4) is 0 Å². The predicted molar refractivity (Wildman–Crippen MR) is 102 cm³/mol. The van der Waals surface area contributed by atoms with E-state index in [4.69, 9.17) is 9.47 Å². The molecule has 1 heterocycles. The lowest BCUT2D eigenvalue weighted by molar-refractivity contribution is 0.0415. The van der Waals surface area contributed by atoms with Gasteiger partial charge in [0.25, 0.3) is 0 Å². The molecule has 1 fully saturated rings. The highest BCUT2D eigenvalue weighted by Crippen LogP contribution is 2.23. The summed E-state index contributed by atoms with van der Waals surface area (Å²) in [5, 5.41) is 0. The normalized spacial score (nSPS) is 18.6. The molecule has 0 N–H and O–H groups in total. The van der Waals surface area contributed by atoms with Crippen molar-refractivity contribution in [3.63, 3.8) is 0 Å². The number of aliphatic imine (C=N–C) groups is 1. The number of guanidine groups is 1. The van der Waals surface area contributed by atoms with Crippen LogP contribution < -0.4 is 0 Å². The molecule has 148 valence electrons. The van der Waals surface area contributed by atoms with Gasteiger partial charge in [-0.2, -0.15) is 0 Å². The van der Waals surface area contributed by atoms with E-state index >= 15 is 0 Å². The second kappa shape index (κ2) is 8.56. The van der Waals surface area contributed by atoms with Crippen molar-refractivity contribution in [2.24, 2.45) is 4.99 Å². The number of ether oxygens (including phenoxy) is 2. The third-order valence-corrected chi connectivity index (χ3v) is 3.33.